The highest BCUT2D eigenvalue weighted by Crippen LogP contribution is 2.38. The van der Waals surface area contributed by atoms with Gasteiger partial charge in [0.15, 0.2) is 0 Å². The van der Waals surface area contributed by atoms with Crippen LogP contribution >= 0.6 is 0 Å². The van der Waals surface area contributed by atoms with Gasteiger partial charge >= 0.3 is 0 Å². The van der Waals surface area contributed by atoms with Gasteiger partial charge in [-0.05, 0) is 72.4 Å². The Morgan fingerprint density at radius 2 is 1.55 bits per heavy atom. The molecule has 1 amide bonds. The number of aliphatic hydroxyl groups excluding tert-OH is 1. The summed E-state index contributed by atoms with van der Waals surface area (Å²) in [6, 6.07) is 24.3. The van der Waals surface area contributed by atoms with Gasteiger partial charge in [-0.2, -0.15) is 4.31 Å². The van der Waals surface area contributed by atoms with Crippen molar-refractivity contribution in [2.75, 3.05) is 19.6 Å². The van der Waals surface area contributed by atoms with E-state index in [2.05, 4.69) is 55.7 Å². The lowest BCUT2D eigenvalue weighted by Crippen LogP contribution is -2.53. The number of hydrogen-bond donors (Lipinski definition) is 3. The normalized spacial score (nSPS) is 16.5. The minimum atomic E-state index is -3.75. The number of nitrogens with zero attached hydrogens (tertiary/aromatic N) is 1. The molecule has 4 rings (SSSR count). The summed E-state index contributed by atoms with van der Waals surface area (Å²) in [6.45, 7) is 11.7. The fourth-order valence-corrected chi connectivity index (χ4v) is 8.32. The average molecular weight is 662 g/mol. The van der Waals surface area contributed by atoms with Gasteiger partial charge in [-0.25, -0.2) is 8.42 Å². The average Bonchev–Trinajstić information content (AvgIpc) is 3.07. The molecule has 3 aromatic carbocycles. The van der Waals surface area contributed by atoms with Crippen molar-refractivity contribution in [1.29, 1.82) is 0 Å². The van der Waals surface area contributed by atoms with Gasteiger partial charge < -0.3 is 15.7 Å². The van der Waals surface area contributed by atoms with E-state index in [4.69, 9.17) is 0 Å². The first-order chi connectivity index (χ1) is 22.4. The van der Waals surface area contributed by atoms with Crippen LogP contribution in [0.4, 0.5) is 0 Å². The minimum absolute atomic E-state index is 0.0252. The zero-order chi connectivity index (χ0) is 34.1. The van der Waals surface area contributed by atoms with Crippen LogP contribution in [-0.4, -0.2) is 55.5 Å². The third-order valence-corrected chi connectivity index (χ3v) is 11.3. The number of rotatable bonds is 15. The second-order valence-electron chi connectivity index (χ2n) is 14.1. The lowest BCUT2D eigenvalue weighted by Gasteiger charge is -2.41. The predicted octanol–water partition coefficient (Wildman–Crippen LogP) is 6.95. The summed E-state index contributed by atoms with van der Waals surface area (Å²) in [6.07, 6.45) is 6.34. The molecule has 0 bridgehead atoms. The molecule has 1 aliphatic carbocycles. The number of benzene rings is 3. The number of amides is 1. The van der Waals surface area contributed by atoms with Gasteiger partial charge in [0.1, 0.15) is 0 Å². The number of nitrogens with one attached hydrogen (secondary N) is 2. The van der Waals surface area contributed by atoms with Gasteiger partial charge in [-0.1, -0.05) is 115 Å². The van der Waals surface area contributed by atoms with Crippen molar-refractivity contribution >= 4 is 15.9 Å². The predicted molar refractivity (Wildman–Crippen MR) is 191 cm³/mol. The maximum Gasteiger partial charge on any atom is 0.251 e. The molecule has 0 aliphatic heterocycles. The second-order valence-corrected chi connectivity index (χ2v) is 16.1. The Morgan fingerprint density at radius 3 is 2.19 bits per heavy atom. The summed E-state index contributed by atoms with van der Waals surface area (Å²) in [5.41, 5.74) is 3.55. The number of aliphatic hydroxyl groups is 1. The molecule has 47 heavy (non-hydrogen) atoms. The van der Waals surface area contributed by atoms with Crippen molar-refractivity contribution in [3.8, 4) is 0 Å². The lowest BCUT2D eigenvalue weighted by molar-refractivity contribution is 0.0788. The zero-order valence-electron chi connectivity index (χ0n) is 29.0. The first-order valence-electron chi connectivity index (χ1n) is 17.4. The van der Waals surface area contributed by atoms with Gasteiger partial charge in [0, 0.05) is 30.7 Å². The first-order valence-corrected chi connectivity index (χ1v) is 18.8. The maximum absolute atomic E-state index is 13.7. The van der Waals surface area contributed by atoms with Gasteiger partial charge in [0.2, 0.25) is 10.0 Å². The fourth-order valence-electron chi connectivity index (χ4n) is 6.65. The Kier molecular flexibility index (Phi) is 12.8. The van der Waals surface area contributed by atoms with Crippen molar-refractivity contribution < 1.29 is 18.3 Å². The Bertz CT molecular complexity index is 1540. The molecule has 0 spiro atoms. The smallest absolute Gasteiger partial charge is 0.251 e. The first kappa shape index (κ1) is 36.8. The highest BCUT2D eigenvalue weighted by molar-refractivity contribution is 7.89. The van der Waals surface area contributed by atoms with E-state index in [1.165, 1.54) is 27.9 Å². The van der Waals surface area contributed by atoms with Crippen LogP contribution in [0.5, 0.6) is 0 Å². The molecule has 8 heteroatoms. The monoisotopic (exact) mass is 661 g/mol. The topological polar surface area (TPSA) is 98.7 Å². The molecule has 0 radical (unpaired) electrons. The number of carbonyl (C=O) groups is 1. The Hall–Kier alpha value is -3.04. The molecule has 0 aromatic heterocycles. The van der Waals surface area contributed by atoms with Gasteiger partial charge in [0.05, 0.1) is 17.0 Å². The number of carbonyl (C=O) groups excluding carboxylic acids is 1. The second kappa shape index (κ2) is 16.4. The van der Waals surface area contributed by atoms with Crippen LogP contribution in [0, 0.1) is 0 Å². The molecule has 0 unspecified atom stereocenters. The number of sulfonamides is 1. The molecule has 1 fully saturated rings. The van der Waals surface area contributed by atoms with E-state index in [0.717, 1.165) is 31.2 Å². The van der Waals surface area contributed by atoms with Crippen molar-refractivity contribution in [3.05, 3.63) is 101 Å². The third-order valence-electron chi connectivity index (χ3n) is 9.40. The van der Waals surface area contributed by atoms with Crippen molar-refractivity contribution in [2.24, 2.45) is 0 Å². The minimum Gasteiger partial charge on any atom is -0.390 e. The Labute approximate surface area is 283 Å². The van der Waals surface area contributed by atoms with Crippen LogP contribution in [0.25, 0.3) is 0 Å². The van der Waals surface area contributed by atoms with E-state index < -0.39 is 28.1 Å². The molecular weight excluding hydrogens is 607 g/mol. The molecule has 7 nitrogen and oxygen atoms in total. The van der Waals surface area contributed by atoms with E-state index in [9.17, 15) is 18.3 Å². The Morgan fingerprint density at radius 1 is 0.894 bits per heavy atom. The van der Waals surface area contributed by atoms with Crippen molar-refractivity contribution in [1.82, 2.24) is 14.9 Å². The summed E-state index contributed by atoms with van der Waals surface area (Å²) in [7, 11) is -3.75. The molecule has 2 atom stereocenters. The molecule has 3 N–H and O–H groups in total. The molecule has 3 aromatic rings. The number of hydrogen-bond acceptors (Lipinski definition) is 5. The van der Waals surface area contributed by atoms with Crippen LogP contribution in [0.2, 0.25) is 0 Å². The highest BCUT2D eigenvalue weighted by Gasteiger charge is 2.36. The summed E-state index contributed by atoms with van der Waals surface area (Å²) >= 11 is 0. The third kappa shape index (κ3) is 9.53. The molecule has 256 valence electrons. The van der Waals surface area contributed by atoms with E-state index in [1.54, 1.807) is 18.2 Å². The van der Waals surface area contributed by atoms with Crippen LogP contribution in [0.1, 0.15) is 107 Å². The highest BCUT2D eigenvalue weighted by atomic mass is 32.2. The summed E-state index contributed by atoms with van der Waals surface area (Å²) in [5.74, 6) is -0.412. The largest absolute Gasteiger partial charge is 0.390 e. The summed E-state index contributed by atoms with van der Waals surface area (Å²) < 4.78 is 28.4. The summed E-state index contributed by atoms with van der Waals surface area (Å²) in [5, 5.41) is 18.6. The van der Waals surface area contributed by atoms with Crippen LogP contribution in [0.15, 0.2) is 83.8 Å². The SMILES string of the molecule is CCCN(CCC)S(=O)(=O)c1cccc(C(=O)N[C@@H](Cc2ccccc2)[C@H](O)CNC2(c3cccc(C(C)(C)C)c3)CCCCC2)c1. The quantitative estimate of drug-likeness (QED) is 0.164. The fraction of sp³-hybridized carbons (Fsp3) is 0.513. The molecule has 0 saturated heterocycles. The van der Waals surface area contributed by atoms with Gasteiger partial charge in [-0.3, -0.25) is 4.79 Å². The lowest BCUT2D eigenvalue weighted by atomic mass is 9.74. The van der Waals surface area contributed by atoms with E-state index >= 15 is 0 Å². The molecular formula is C39H55N3O4S. The van der Waals surface area contributed by atoms with E-state index in [1.807, 2.05) is 44.2 Å². The zero-order valence-corrected chi connectivity index (χ0v) is 29.8. The molecule has 1 saturated carbocycles. The van der Waals surface area contributed by atoms with E-state index in [0.29, 0.717) is 38.9 Å². The molecule has 1 aliphatic rings. The molecule has 0 heterocycles. The van der Waals surface area contributed by atoms with Crippen molar-refractivity contribution in [3.63, 3.8) is 0 Å². The van der Waals surface area contributed by atoms with E-state index in [-0.39, 0.29) is 21.4 Å². The van der Waals surface area contributed by atoms with Gasteiger partial charge in [0.25, 0.3) is 5.91 Å². The van der Waals surface area contributed by atoms with Crippen LogP contribution < -0.4 is 10.6 Å². The van der Waals surface area contributed by atoms with Crippen LogP contribution in [-0.2, 0) is 27.4 Å². The standard InChI is InChI=1S/C39H55N3O4S/c1-6-24-42(25-7-2)47(45,46)34-21-14-18-31(27-34)37(44)41-35(26-30-16-10-8-11-17-30)36(43)29-40-39(22-12-9-13-23-39)33-20-15-19-32(28-33)38(3,4)5/h8,10-11,14-21,27-28,35-36,40,43H,6-7,9,12-13,22-26,29H2,1-5H3,(H,41,44)/t35-,36+/m0/s1. The van der Waals surface area contributed by atoms with Gasteiger partial charge in [-0.15, -0.1) is 0 Å². The summed E-state index contributed by atoms with van der Waals surface area (Å²) in [4.78, 5) is 13.8. The Balaban J connectivity index is 1.58. The van der Waals surface area contributed by atoms with Crippen LogP contribution in [0.3, 0.4) is 0 Å². The maximum atomic E-state index is 13.7. The van der Waals surface area contributed by atoms with Crippen molar-refractivity contribution in [2.45, 2.75) is 114 Å².